The van der Waals surface area contributed by atoms with E-state index in [2.05, 4.69) is 4.74 Å². The van der Waals surface area contributed by atoms with Gasteiger partial charge in [0.05, 0.1) is 6.42 Å². The van der Waals surface area contributed by atoms with Crippen molar-refractivity contribution < 1.29 is 19.4 Å². The van der Waals surface area contributed by atoms with E-state index in [-0.39, 0.29) is 6.42 Å². The fraction of sp³-hybridized carbons (Fsp3) is 0.667. The third kappa shape index (κ3) is 5.08. The Balaban J connectivity index is 3.53. The highest BCUT2D eigenvalue weighted by Crippen LogP contribution is 1.96. The molecule has 0 aliphatic rings. The first-order valence-corrected chi connectivity index (χ1v) is 2.91. The molecule has 0 unspecified atom stereocenters. The minimum Gasteiger partial charge on any atom is -0.481 e. The zero-order chi connectivity index (χ0) is 8.15. The van der Waals surface area contributed by atoms with E-state index in [1.54, 1.807) is 0 Å². The lowest BCUT2D eigenvalue weighted by molar-refractivity contribution is -0.149. The predicted octanol–water partition coefficient (Wildman–Crippen LogP) is 0.413. The maximum atomic E-state index is 10.2. The second-order valence-electron chi connectivity index (χ2n) is 2.02. The second-order valence-corrected chi connectivity index (χ2v) is 2.02. The van der Waals surface area contributed by atoms with Gasteiger partial charge in [-0.15, -0.1) is 0 Å². The van der Waals surface area contributed by atoms with Gasteiger partial charge in [0, 0.05) is 6.92 Å². The lowest BCUT2D eigenvalue weighted by atomic mass is 10.3. The number of hydrogen-bond donors (Lipinski definition) is 1. The van der Waals surface area contributed by atoms with Crippen LogP contribution in [0.3, 0.4) is 0 Å². The molecule has 0 rings (SSSR count). The molecular weight excluding hydrogens is 136 g/mol. The Morgan fingerprint density at radius 3 is 2.40 bits per heavy atom. The molecule has 0 fully saturated rings. The molecule has 1 N–H and O–H groups in total. The maximum absolute atomic E-state index is 10.2. The summed E-state index contributed by atoms with van der Waals surface area (Å²) >= 11 is 0. The zero-order valence-corrected chi connectivity index (χ0v) is 5.96. The lowest BCUT2D eigenvalue weighted by Gasteiger charge is -2.07. The normalized spacial score (nSPS) is 12.2. The summed E-state index contributed by atoms with van der Waals surface area (Å²) in [6.07, 6.45) is -0.672. The Morgan fingerprint density at radius 1 is 1.60 bits per heavy atom. The van der Waals surface area contributed by atoms with Gasteiger partial charge in [0.15, 0.2) is 0 Å². The molecule has 0 radical (unpaired) electrons. The summed E-state index contributed by atoms with van der Waals surface area (Å²) in [7, 11) is 0. The highest BCUT2D eigenvalue weighted by atomic mass is 16.5. The largest absolute Gasteiger partial charge is 0.481 e. The van der Waals surface area contributed by atoms with Crippen molar-refractivity contribution in [3.8, 4) is 0 Å². The summed E-state index contributed by atoms with van der Waals surface area (Å²) < 4.78 is 4.54. The molecule has 0 aliphatic heterocycles. The Morgan fingerprint density at radius 2 is 2.10 bits per heavy atom. The third-order valence-electron chi connectivity index (χ3n) is 0.829. The maximum Gasteiger partial charge on any atom is 0.307 e. The van der Waals surface area contributed by atoms with Crippen LogP contribution >= 0.6 is 0 Å². The summed E-state index contributed by atoms with van der Waals surface area (Å²) in [4.78, 5) is 20.2. The number of carboxylic acid groups (broad SMARTS) is 1. The first kappa shape index (κ1) is 8.94. The first-order chi connectivity index (χ1) is 4.52. The summed E-state index contributed by atoms with van der Waals surface area (Å²) in [5, 5.41) is 8.21. The molecule has 0 amide bonds. The van der Waals surface area contributed by atoms with Gasteiger partial charge in [0.2, 0.25) is 0 Å². The average molecular weight is 146 g/mol. The summed E-state index contributed by atoms with van der Waals surface area (Å²) in [5.74, 6) is -1.41. The molecule has 10 heavy (non-hydrogen) atoms. The molecule has 0 heterocycles. The molecule has 58 valence electrons. The van der Waals surface area contributed by atoms with Gasteiger partial charge in [-0.05, 0) is 6.92 Å². The van der Waals surface area contributed by atoms with Crippen LogP contribution < -0.4 is 0 Å². The monoisotopic (exact) mass is 146 g/mol. The third-order valence-corrected chi connectivity index (χ3v) is 0.829. The number of rotatable bonds is 3. The van der Waals surface area contributed by atoms with Crippen molar-refractivity contribution in [3.05, 3.63) is 0 Å². The van der Waals surface area contributed by atoms with E-state index in [4.69, 9.17) is 5.11 Å². The molecule has 0 aliphatic carbocycles. The summed E-state index contributed by atoms with van der Waals surface area (Å²) in [5.41, 5.74) is 0. The molecular formula is C6H10O4. The van der Waals surface area contributed by atoms with Crippen molar-refractivity contribution in [2.75, 3.05) is 0 Å². The van der Waals surface area contributed by atoms with E-state index in [0.29, 0.717) is 0 Å². The molecule has 0 aromatic carbocycles. The molecule has 1 atom stereocenters. The van der Waals surface area contributed by atoms with Crippen LogP contribution in [-0.4, -0.2) is 23.1 Å². The standard InChI is InChI=1S/C6H10O4/c1-4(3-6(8)9)10-5(2)7/h4H,3H2,1-2H3,(H,8,9)/t4-/m1/s1. The SMILES string of the molecule is CC(=O)O[C@H](C)CC(=O)O. The Hall–Kier alpha value is -1.06. The summed E-state index contributed by atoms with van der Waals surface area (Å²) in [6, 6.07) is 0. The van der Waals surface area contributed by atoms with E-state index in [1.165, 1.54) is 13.8 Å². The van der Waals surface area contributed by atoms with Crippen molar-refractivity contribution in [1.82, 2.24) is 0 Å². The Bertz CT molecular complexity index is 125. The fourth-order valence-corrected chi connectivity index (χ4v) is 0.571. The minimum absolute atomic E-state index is 0.139. The second kappa shape index (κ2) is 3.87. The lowest BCUT2D eigenvalue weighted by Crippen LogP contribution is -2.16. The molecule has 4 nitrogen and oxygen atoms in total. The molecule has 4 heteroatoms. The van der Waals surface area contributed by atoms with Crippen LogP contribution in [0.5, 0.6) is 0 Å². The minimum atomic E-state index is -0.964. The number of carbonyl (C=O) groups excluding carboxylic acids is 1. The van der Waals surface area contributed by atoms with Gasteiger partial charge >= 0.3 is 11.9 Å². The number of carboxylic acids is 1. The van der Waals surface area contributed by atoms with E-state index in [1.807, 2.05) is 0 Å². The van der Waals surface area contributed by atoms with Gasteiger partial charge in [-0.3, -0.25) is 9.59 Å². The quantitative estimate of drug-likeness (QED) is 0.586. The fourth-order valence-electron chi connectivity index (χ4n) is 0.571. The number of esters is 1. The van der Waals surface area contributed by atoms with Gasteiger partial charge in [0.1, 0.15) is 6.10 Å². The average Bonchev–Trinajstić information content (AvgIpc) is 1.58. The van der Waals surface area contributed by atoms with Gasteiger partial charge in [-0.25, -0.2) is 0 Å². The first-order valence-electron chi connectivity index (χ1n) is 2.91. The van der Waals surface area contributed by atoms with Gasteiger partial charge < -0.3 is 9.84 Å². The number of aliphatic carboxylic acids is 1. The van der Waals surface area contributed by atoms with Gasteiger partial charge in [-0.2, -0.15) is 0 Å². The van der Waals surface area contributed by atoms with Crippen molar-refractivity contribution in [2.45, 2.75) is 26.4 Å². The van der Waals surface area contributed by atoms with Crippen LogP contribution in [0.25, 0.3) is 0 Å². The van der Waals surface area contributed by atoms with Crippen LogP contribution in [0.2, 0.25) is 0 Å². The molecule has 0 saturated carbocycles. The van der Waals surface area contributed by atoms with Crippen LogP contribution in [0.15, 0.2) is 0 Å². The van der Waals surface area contributed by atoms with Crippen molar-refractivity contribution >= 4 is 11.9 Å². The number of hydrogen-bond acceptors (Lipinski definition) is 3. The highest BCUT2D eigenvalue weighted by Gasteiger charge is 2.08. The van der Waals surface area contributed by atoms with Crippen LogP contribution in [-0.2, 0) is 14.3 Å². The molecule has 0 bridgehead atoms. The van der Waals surface area contributed by atoms with Crippen molar-refractivity contribution in [2.24, 2.45) is 0 Å². The van der Waals surface area contributed by atoms with E-state index >= 15 is 0 Å². The topological polar surface area (TPSA) is 63.6 Å². The van der Waals surface area contributed by atoms with E-state index < -0.39 is 18.0 Å². The Kier molecular flexibility index (Phi) is 3.46. The number of ether oxygens (including phenoxy) is 1. The predicted molar refractivity (Wildman–Crippen MR) is 33.5 cm³/mol. The van der Waals surface area contributed by atoms with Gasteiger partial charge in [0.25, 0.3) is 0 Å². The van der Waals surface area contributed by atoms with Crippen LogP contribution in [0.1, 0.15) is 20.3 Å². The molecule has 0 aromatic rings. The molecule has 0 saturated heterocycles. The van der Waals surface area contributed by atoms with Crippen molar-refractivity contribution in [1.29, 1.82) is 0 Å². The molecule has 0 spiro atoms. The van der Waals surface area contributed by atoms with Crippen molar-refractivity contribution in [3.63, 3.8) is 0 Å². The van der Waals surface area contributed by atoms with Crippen LogP contribution in [0.4, 0.5) is 0 Å². The number of carbonyl (C=O) groups is 2. The Labute approximate surface area is 58.8 Å². The van der Waals surface area contributed by atoms with E-state index in [0.717, 1.165) is 0 Å². The van der Waals surface area contributed by atoms with Crippen LogP contribution in [0, 0.1) is 0 Å². The van der Waals surface area contributed by atoms with Gasteiger partial charge in [-0.1, -0.05) is 0 Å². The molecule has 0 aromatic heterocycles. The smallest absolute Gasteiger partial charge is 0.307 e. The highest BCUT2D eigenvalue weighted by molar-refractivity contribution is 5.69. The summed E-state index contributed by atoms with van der Waals surface area (Å²) in [6.45, 7) is 2.79. The van der Waals surface area contributed by atoms with E-state index in [9.17, 15) is 9.59 Å². The zero-order valence-electron chi connectivity index (χ0n) is 5.96.